The van der Waals surface area contributed by atoms with Crippen molar-refractivity contribution in [1.82, 2.24) is 10.6 Å². The molecule has 2 aromatic carbocycles. The highest BCUT2D eigenvalue weighted by atomic mass is 16.2. The van der Waals surface area contributed by atoms with Gasteiger partial charge in [0.25, 0.3) is 5.91 Å². The zero-order valence-corrected chi connectivity index (χ0v) is 15.0. The van der Waals surface area contributed by atoms with Crippen LogP contribution in [0.1, 0.15) is 37.0 Å². The van der Waals surface area contributed by atoms with Crippen LogP contribution in [-0.2, 0) is 9.59 Å². The Hall–Kier alpha value is -2.89. The van der Waals surface area contributed by atoms with E-state index in [1.165, 1.54) is 0 Å². The summed E-state index contributed by atoms with van der Waals surface area (Å²) in [5, 5.41) is 10.1. The molecule has 1 aliphatic carbocycles. The van der Waals surface area contributed by atoms with Crippen molar-refractivity contribution >= 4 is 34.2 Å². The minimum absolute atomic E-state index is 0.00784. The maximum Gasteiger partial charge on any atom is 0.253 e. The summed E-state index contributed by atoms with van der Waals surface area (Å²) in [6, 6.07) is 11.2. The molecule has 136 valence electrons. The Labute approximate surface area is 152 Å². The van der Waals surface area contributed by atoms with Gasteiger partial charge in [0.2, 0.25) is 11.8 Å². The zero-order chi connectivity index (χ0) is 18.7. The average molecular weight is 353 g/mol. The lowest BCUT2D eigenvalue weighted by Crippen LogP contribution is -2.40. The smallest absolute Gasteiger partial charge is 0.253 e. The molecule has 0 aliphatic heterocycles. The van der Waals surface area contributed by atoms with Gasteiger partial charge in [0.15, 0.2) is 0 Å². The van der Waals surface area contributed by atoms with Crippen LogP contribution >= 0.6 is 0 Å². The largest absolute Gasteiger partial charge is 0.352 e. The Morgan fingerprint density at radius 3 is 2.35 bits per heavy atom. The molecule has 1 fully saturated rings. The summed E-state index contributed by atoms with van der Waals surface area (Å²) in [6.45, 7) is 3.60. The Morgan fingerprint density at radius 1 is 1.08 bits per heavy atom. The van der Waals surface area contributed by atoms with Gasteiger partial charge in [-0.05, 0) is 49.6 Å². The molecule has 6 nitrogen and oxygen atoms in total. The average Bonchev–Trinajstić information content (AvgIpc) is 3.43. The third-order valence-electron chi connectivity index (χ3n) is 4.20. The molecular weight excluding hydrogens is 330 g/mol. The Kier molecular flexibility index (Phi) is 5.21. The maximum atomic E-state index is 12.6. The van der Waals surface area contributed by atoms with E-state index in [1.807, 2.05) is 38.1 Å². The number of carbonyl (C=O) groups is 3. The van der Waals surface area contributed by atoms with Crippen LogP contribution in [0.5, 0.6) is 0 Å². The second kappa shape index (κ2) is 7.56. The molecular formula is C20H23N3O3. The Balaban J connectivity index is 1.82. The van der Waals surface area contributed by atoms with Gasteiger partial charge in [-0.25, -0.2) is 0 Å². The van der Waals surface area contributed by atoms with Crippen molar-refractivity contribution in [1.29, 1.82) is 0 Å². The molecule has 1 aliphatic rings. The van der Waals surface area contributed by atoms with Gasteiger partial charge < -0.3 is 16.0 Å². The van der Waals surface area contributed by atoms with E-state index < -0.39 is 0 Å². The molecule has 0 aromatic heterocycles. The van der Waals surface area contributed by atoms with Gasteiger partial charge >= 0.3 is 0 Å². The summed E-state index contributed by atoms with van der Waals surface area (Å²) >= 11 is 0. The van der Waals surface area contributed by atoms with E-state index in [0.29, 0.717) is 11.3 Å². The molecule has 0 heterocycles. The summed E-state index contributed by atoms with van der Waals surface area (Å²) < 4.78 is 0. The molecule has 3 amide bonds. The first-order valence-electron chi connectivity index (χ1n) is 8.85. The van der Waals surface area contributed by atoms with Crippen LogP contribution in [0.25, 0.3) is 10.8 Å². The molecule has 0 atom stereocenters. The molecule has 26 heavy (non-hydrogen) atoms. The number of anilines is 1. The van der Waals surface area contributed by atoms with E-state index in [1.54, 1.807) is 12.1 Å². The number of amides is 3. The number of carbonyl (C=O) groups excluding carboxylic acids is 3. The van der Waals surface area contributed by atoms with Crippen molar-refractivity contribution in [3.63, 3.8) is 0 Å². The summed E-state index contributed by atoms with van der Waals surface area (Å²) in [4.78, 5) is 36.6. The van der Waals surface area contributed by atoms with Crippen molar-refractivity contribution in [2.24, 2.45) is 5.92 Å². The third-order valence-corrected chi connectivity index (χ3v) is 4.20. The molecule has 3 N–H and O–H groups in total. The van der Waals surface area contributed by atoms with Crippen LogP contribution in [0.4, 0.5) is 5.69 Å². The normalized spacial score (nSPS) is 13.5. The van der Waals surface area contributed by atoms with E-state index in [2.05, 4.69) is 16.0 Å². The van der Waals surface area contributed by atoms with E-state index in [0.717, 1.165) is 23.6 Å². The number of hydrogen-bond acceptors (Lipinski definition) is 3. The first-order chi connectivity index (χ1) is 12.4. The second-order valence-corrected chi connectivity index (χ2v) is 6.91. The molecule has 1 saturated carbocycles. The predicted octanol–water partition coefficient (Wildman–Crippen LogP) is 2.44. The molecule has 3 rings (SSSR count). The lowest BCUT2D eigenvalue weighted by molar-refractivity contribution is -0.120. The topological polar surface area (TPSA) is 87.3 Å². The quantitative estimate of drug-likeness (QED) is 0.745. The fourth-order valence-corrected chi connectivity index (χ4v) is 2.74. The lowest BCUT2D eigenvalue weighted by atomic mass is 10.0. The van der Waals surface area contributed by atoms with Gasteiger partial charge in [0, 0.05) is 12.0 Å². The van der Waals surface area contributed by atoms with Crippen molar-refractivity contribution in [2.75, 3.05) is 11.9 Å². The summed E-state index contributed by atoms with van der Waals surface area (Å²) in [7, 11) is 0. The SMILES string of the molecule is CC(C)NC(=O)CNC(=O)c1cc2ccccc2cc1NC(=O)C1CC1. The first kappa shape index (κ1) is 17.9. The highest BCUT2D eigenvalue weighted by molar-refractivity contribution is 6.08. The summed E-state index contributed by atoms with van der Waals surface area (Å²) in [6.07, 6.45) is 1.77. The molecule has 0 radical (unpaired) electrons. The second-order valence-electron chi connectivity index (χ2n) is 6.91. The van der Waals surface area contributed by atoms with E-state index >= 15 is 0 Å². The third kappa shape index (κ3) is 4.39. The molecule has 2 aromatic rings. The molecule has 0 bridgehead atoms. The summed E-state index contributed by atoms with van der Waals surface area (Å²) in [5.41, 5.74) is 0.831. The number of nitrogens with one attached hydrogen (secondary N) is 3. The lowest BCUT2D eigenvalue weighted by Gasteiger charge is -2.14. The van der Waals surface area contributed by atoms with Gasteiger partial charge in [-0.1, -0.05) is 24.3 Å². The standard InChI is InChI=1S/C20H23N3O3/c1-12(2)22-18(24)11-21-20(26)16-9-14-5-3-4-6-15(14)10-17(16)23-19(25)13-7-8-13/h3-6,9-10,12-13H,7-8,11H2,1-2H3,(H,21,26)(H,22,24)(H,23,25). The fourth-order valence-electron chi connectivity index (χ4n) is 2.74. The van der Waals surface area contributed by atoms with Crippen LogP contribution in [0.3, 0.4) is 0 Å². The van der Waals surface area contributed by atoms with Crippen LogP contribution in [-0.4, -0.2) is 30.3 Å². The van der Waals surface area contributed by atoms with Crippen molar-refractivity contribution < 1.29 is 14.4 Å². The highest BCUT2D eigenvalue weighted by Gasteiger charge is 2.30. The summed E-state index contributed by atoms with van der Waals surface area (Å²) in [5.74, 6) is -0.667. The number of hydrogen-bond donors (Lipinski definition) is 3. The number of fused-ring (bicyclic) bond motifs is 1. The van der Waals surface area contributed by atoms with Crippen molar-refractivity contribution in [3.05, 3.63) is 42.0 Å². The molecule has 6 heteroatoms. The van der Waals surface area contributed by atoms with E-state index in [-0.39, 0.29) is 36.2 Å². The van der Waals surface area contributed by atoms with E-state index in [4.69, 9.17) is 0 Å². The van der Waals surface area contributed by atoms with Gasteiger partial charge in [-0.3, -0.25) is 14.4 Å². The molecule has 0 saturated heterocycles. The Bertz CT molecular complexity index is 857. The van der Waals surface area contributed by atoms with Gasteiger partial charge in [0.1, 0.15) is 0 Å². The maximum absolute atomic E-state index is 12.6. The van der Waals surface area contributed by atoms with Crippen molar-refractivity contribution in [3.8, 4) is 0 Å². The highest BCUT2D eigenvalue weighted by Crippen LogP contribution is 2.31. The van der Waals surface area contributed by atoms with Crippen LogP contribution in [0.2, 0.25) is 0 Å². The number of benzene rings is 2. The zero-order valence-electron chi connectivity index (χ0n) is 15.0. The fraction of sp³-hybridized carbons (Fsp3) is 0.350. The minimum Gasteiger partial charge on any atom is -0.352 e. The predicted molar refractivity (Wildman–Crippen MR) is 101 cm³/mol. The molecule has 0 unspecified atom stereocenters. The van der Waals surface area contributed by atoms with Crippen LogP contribution in [0.15, 0.2) is 36.4 Å². The van der Waals surface area contributed by atoms with E-state index in [9.17, 15) is 14.4 Å². The van der Waals surface area contributed by atoms with Gasteiger partial charge in [-0.15, -0.1) is 0 Å². The molecule has 0 spiro atoms. The number of rotatable bonds is 6. The van der Waals surface area contributed by atoms with Gasteiger partial charge in [0.05, 0.1) is 17.8 Å². The van der Waals surface area contributed by atoms with Gasteiger partial charge in [-0.2, -0.15) is 0 Å². The monoisotopic (exact) mass is 353 g/mol. The van der Waals surface area contributed by atoms with Crippen LogP contribution in [0, 0.1) is 5.92 Å². The first-order valence-corrected chi connectivity index (χ1v) is 8.85. The minimum atomic E-state index is -0.388. The Morgan fingerprint density at radius 2 is 1.73 bits per heavy atom. The van der Waals surface area contributed by atoms with Crippen molar-refractivity contribution in [2.45, 2.75) is 32.7 Å². The van der Waals surface area contributed by atoms with Crippen LogP contribution < -0.4 is 16.0 Å².